The topological polar surface area (TPSA) is 71.2 Å². The summed E-state index contributed by atoms with van der Waals surface area (Å²) >= 11 is 0. The molecule has 0 bridgehead atoms. The first kappa shape index (κ1) is 8.99. The lowest BCUT2D eigenvalue weighted by molar-refractivity contribution is 0.293. The number of nitrogens with zero attached hydrogens (tertiary/aromatic N) is 2. The Bertz CT molecular complexity index is 234. The van der Waals surface area contributed by atoms with Gasteiger partial charge in [-0.25, -0.2) is 0 Å². The van der Waals surface area contributed by atoms with Crippen LogP contribution in [0.5, 0.6) is 0 Å². The molecule has 2 N–H and O–H groups in total. The van der Waals surface area contributed by atoms with Crippen molar-refractivity contribution in [2.45, 2.75) is 26.3 Å². The zero-order valence-corrected chi connectivity index (χ0v) is 7.24. The van der Waals surface area contributed by atoms with Gasteiger partial charge in [0.15, 0.2) is 5.82 Å². The van der Waals surface area contributed by atoms with Crippen LogP contribution in [0, 0.1) is 0 Å². The fraction of sp³-hybridized carbons (Fsp3) is 0.714. The van der Waals surface area contributed by atoms with Crippen LogP contribution in [0.1, 0.15) is 19.7 Å². The van der Waals surface area contributed by atoms with Gasteiger partial charge in [0.2, 0.25) is 0 Å². The summed E-state index contributed by atoms with van der Waals surface area (Å²) in [5, 5.41) is 15.2. The monoisotopic (exact) mass is 171 g/mol. The second kappa shape index (κ2) is 4.06. The van der Waals surface area contributed by atoms with Gasteiger partial charge in [-0.3, -0.25) is 0 Å². The molecule has 0 aromatic carbocycles. The third kappa shape index (κ3) is 2.50. The third-order valence-corrected chi connectivity index (χ3v) is 1.22. The largest absolute Gasteiger partial charge is 0.396 e. The van der Waals surface area contributed by atoms with Gasteiger partial charge >= 0.3 is 6.01 Å². The molecule has 0 unspecified atom stereocenters. The molecule has 1 heterocycles. The molecule has 0 saturated carbocycles. The lowest BCUT2D eigenvalue weighted by atomic mass is 10.4. The number of aliphatic hydroxyl groups is 1. The number of anilines is 1. The lowest BCUT2D eigenvalue weighted by Crippen LogP contribution is -2.09. The summed E-state index contributed by atoms with van der Waals surface area (Å²) in [6, 6.07) is 0.681. The maximum absolute atomic E-state index is 8.57. The van der Waals surface area contributed by atoms with Gasteiger partial charge in [0.1, 0.15) is 0 Å². The van der Waals surface area contributed by atoms with Crippen LogP contribution >= 0.6 is 0 Å². The fourth-order valence-corrected chi connectivity index (χ4v) is 0.761. The van der Waals surface area contributed by atoms with Gasteiger partial charge < -0.3 is 14.9 Å². The van der Waals surface area contributed by atoms with Crippen molar-refractivity contribution in [2.24, 2.45) is 0 Å². The molecule has 12 heavy (non-hydrogen) atoms. The number of aliphatic hydroxyl groups excluding tert-OH is 1. The average molecular weight is 171 g/mol. The molecule has 1 aromatic rings. The van der Waals surface area contributed by atoms with Crippen LogP contribution in [0.3, 0.4) is 0 Å². The normalized spacial score (nSPS) is 10.7. The molecule has 5 heteroatoms. The molecule has 0 aliphatic rings. The standard InChI is InChI=1S/C7H13N3O2/c1-5(2)8-7-9-6(3-4-11)10-12-7/h5,11H,3-4H2,1-2H3,(H,8,9,10). The number of hydrogen-bond donors (Lipinski definition) is 2. The van der Waals surface area contributed by atoms with E-state index in [2.05, 4.69) is 15.5 Å². The Kier molecular flexibility index (Phi) is 3.04. The van der Waals surface area contributed by atoms with Crippen LogP contribution in [0.15, 0.2) is 4.52 Å². The van der Waals surface area contributed by atoms with Gasteiger partial charge in [0.05, 0.1) is 6.61 Å². The van der Waals surface area contributed by atoms with Crippen LogP contribution in [0.25, 0.3) is 0 Å². The van der Waals surface area contributed by atoms with Gasteiger partial charge in [-0.15, -0.1) is 0 Å². The maximum atomic E-state index is 8.57. The molecular weight excluding hydrogens is 158 g/mol. The zero-order valence-electron chi connectivity index (χ0n) is 7.24. The minimum atomic E-state index is 0.0423. The van der Waals surface area contributed by atoms with Crippen molar-refractivity contribution in [1.29, 1.82) is 0 Å². The average Bonchev–Trinajstić information content (AvgIpc) is 2.36. The van der Waals surface area contributed by atoms with E-state index in [4.69, 9.17) is 9.63 Å². The van der Waals surface area contributed by atoms with Crippen LogP contribution in [0.2, 0.25) is 0 Å². The second-order valence-corrected chi connectivity index (χ2v) is 2.79. The van der Waals surface area contributed by atoms with Crippen molar-refractivity contribution in [1.82, 2.24) is 10.1 Å². The summed E-state index contributed by atoms with van der Waals surface area (Å²) in [7, 11) is 0. The predicted molar refractivity (Wildman–Crippen MR) is 43.8 cm³/mol. The molecule has 0 aliphatic carbocycles. The minimum absolute atomic E-state index is 0.0423. The highest BCUT2D eigenvalue weighted by molar-refractivity contribution is 5.19. The Morgan fingerprint density at radius 1 is 1.58 bits per heavy atom. The van der Waals surface area contributed by atoms with Crippen molar-refractivity contribution in [2.75, 3.05) is 11.9 Å². The van der Waals surface area contributed by atoms with Crippen LogP contribution in [-0.2, 0) is 6.42 Å². The molecule has 0 radical (unpaired) electrons. The van der Waals surface area contributed by atoms with E-state index in [1.165, 1.54) is 0 Å². The smallest absolute Gasteiger partial charge is 0.321 e. The van der Waals surface area contributed by atoms with E-state index in [9.17, 15) is 0 Å². The van der Waals surface area contributed by atoms with E-state index >= 15 is 0 Å². The van der Waals surface area contributed by atoms with Gasteiger partial charge in [0.25, 0.3) is 0 Å². The number of aromatic nitrogens is 2. The van der Waals surface area contributed by atoms with Gasteiger partial charge in [-0.2, -0.15) is 4.98 Å². The van der Waals surface area contributed by atoms with Crippen LogP contribution in [0.4, 0.5) is 6.01 Å². The summed E-state index contributed by atoms with van der Waals surface area (Å²) < 4.78 is 4.84. The summed E-state index contributed by atoms with van der Waals surface area (Å²) in [5.74, 6) is 0.528. The van der Waals surface area contributed by atoms with Gasteiger partial charge in [-0.05, 0) is 13.8 Å². The van der Waals surface area contributed by atoms with E-state index in [0.717, 1.165) is 0 Å². The van der Waals surface area contributed by atoms with E-state index in [1.807, 2.05) is 13.8 Å². The molecule has 0 spiro atoms. The number of hydrogen-bond acceptors (Lipinski definition) is 5. The Morgan fingerprint density at radius 3 is 2.92 bits per heavy atom. The second-order valence-electron chi connectivity index (χ2n) is 2.79. The van der Waals surface area contributed by atoms with Crippen LogP contribution in [-0.4, -0.2) is 27.9 Å². The van der Waals surface area contributed by atoms with E-state index in [0.29, 0.717) is 18.3 Å². The Labute approximate surface area is 70.8 Å². The Balaban J connectivity index is 2.52. The van der Waals surface area contributed by atoms with Crippen molar-refractivity contribution in [3.05, 3.63) is 5.82 Å². The molecule has 0 amide bonds. The van der Waals surface area contributed by atoms with Gasteiger partial charge in [0, 0.05) is 12.5 Å². The Morgan fingerprint density at radius 2 is 2.33 bits per heavy atom. The van der Waals surface area contributed by atoms with E-state index in [-0.39, 0.29) is 12.6 Å². The third-order valence-electron chi connectivity index (χ3n) is 1.22. The number of rotatable bonds is 4. The summed E-state index contributed by atoms with van der Waals surface area (Å²) in [4.78, 5) is 3.99. The highest BCUT2D eigenvalue weighted by Crippen LogP contribution is 2.04. The Hall–Kier alpha value is -1.10. The van der Waals surface area contributed by atoms with E-state index < -0.39 is 0 Å². The van der Waals surface area contributed by atoms with Crippen molar-refractivity contribution in [3.8, 4) is 0 Å². The first-order chi connectivity index (χ1) is 5.72. The van der Waals surface area contributed by atoms with E-state index in [1.54, 1.807) is 0 Å². The van der Waals surface area contributed by atoms with Crippen molar-refractivity contribution >= 4 is 6.01 Å². The first-order valence-corrected chi connectivity index (χ1v) is 3.92. The molecular formula is C7H13N3O2. The van der Waals surface area contributed by atoms with Gasteiger partial charge in [-0.1, -0.05) is 5.16 Å². The first-order valence-electron chi connectivity index (χ1n) is 3.92. The highest BCUT2D eigenvalue weighted by Gasteiger charge is 2.05. The number of nitrogens with one attached hydrogen (secondary N) is 1. The lowest BCUT2D eigenvalue weighted by Gasteiger charge is -2.01. The summed E-state index contributed by atoms with van der Waals surface area (Å²) in [5.41, 5.74) is 0. The summed E-state index contributed by atoms with van der Waals surface area (Å²) in [6.07, 6.45) is 0.434. The predicted octanol–water partition coefficient (Wildman–Crippen LogP) is 0.425. The molecule has 0 fully saturated rings. The molecule has 1 aromatic heterocycles. The van der Waals surface area contributed by atoms with Crippen molar-refractivity contribution in [3.63, 3.8) is 0 Å². The molecule has 68 valence electrons. The molecule has 1 rings (SSSR count). The summed E-state index contributed by atoms with van der Waals surface area (Å²) in [6.45, 7) is 4.01. The SMILES string of the molecule is CC(C)Nc1nc(CCO)no1. The van der Waals surface area contributed by atoms with Crippen molar-refractivity contribution < 1.29 is 9.63 Å². The maximum Gasteiger partial charge on any atom is 0.321 e. The zero-order chi connectivity index (χ0) is 8.97. The molecule has 5 nitrogen and oxygen atoms in total. The quantitative estimate of drug-likeness (QED) is 0.687. The minimum Gasteiger partial charge on any atom is -0.396 e. The molecule has 0 atom stereocenters. The molecule has 0 saturated heterocycles. The highest BCUT2D eigenvalue weighted by atomic mass is 16.5. The van der Waals surface area contributed by atoms with Crippen LogP contribution < -0.4 is 5.32 Å². The molecule has 0 aliphatic heterocycles. The fourth-order valence-electron chi connectivity index (χ4n) is 0.761.